The van der Waals surface area contributed by atoms with Gasteiger partial charge in [-0.2, -0.15) is 0 Å². The molecule has 150 valence electrons. The third kappa shape index (κ3) is 12.7. The van der Waals surface area contributed by atoms with Gasteiger partial charge in [0.25, 0.3) is 0 Å². The van der Waals surface area contributed by atoms with Gasteiger partial charge in [0.05, 0.1) is 6.26 Å². The Hall–Kier alpha value is -0.630. The maximum Gasteiger partial charge on any atom is 0.160 e. The molecular weight excluding hydrogens is 336 g/mol. The number of hydrogen-bond donors (Lipinski definition) is 0. The van der Waals surface area contributed by atoms with Crippen molar-refractivity contribution in [3.63, 3.8) is 0 Å². The number of allylic oxidation sites excluding steroid dienone is 1. The minimum Gasteiger partial charge on any atom is -0.458 e. The Balaban J connectivity index is 2.00. The molecule has 1 aromatic rings. The van der Waals surface area contributed by atoms with Crippen LogP contribution in [0.25, 0.3) is 0 Å². The van der Waals surface area contributed by atoms with Crippen LogP contribution in [0.5, 0.6) is 0 Å². The Morgan fingerprint density at radius 2 is 1.58 bits per heavy atom. The van der Waals surface area contributed by atoms with Crippen molar-refractivity contribution in [2.24, 2.45) is 17.8 Å². The molecule has 0 saturated carbocycles. The van der Waals surface area contributed by atoms with Crippen LogP contribution in [0.4, 0.5) is 0 Å². The average molecular weight is 379 g/mol. The molecule has 0 spiro atoms. The molecule has 1 aromatic heterocycles. The molecule has 1 rings (SSSR count). The second-order valence-electron chi connectivity index (χ2n) is 8.65. The summed E-state index contributed by atoms with van der Waals surface area (Å²) in [7, 11) is 0. The molecule has 0 bridgehead atoms. The molecule has 0 aliphatic carbocycles. The lowest BCUT2D eigenvalue weighted by Crippen LogP contribution is -2.00. The third-order valence-electron chi connectivity index (χ3n) is 5.29. The summed E-state index contributed by atoms with van der Waals surface area (Å²) >= 11 is 1.77. The lowest BCUT2D eigenvalue weighted by Gasteiger charge is -2.15. The second kappa shape index (κ2) is 14.4. The average Bonchev–Trinajstić information content (AvgIpc) is 3.08. The number of furan rings is 1. The van der Waals surface area contributed by atoms with E-state index in [0.29, 0.717) is 0 Å². The first kappa shape index (κ1) is 23.4. The van der Waals surface area contributed by atoms with E-state index in [-0.39, 0.29) is 0 Å². The van der Waals surface area contributed by atoms with Crippen LogP contribution in [-0.4, -0.2) is 5.75 Å². The van der Waals surface area contributed by atoms with Gasteiger partial charge in [-0.15, -0.1) is 0 Å². The molecule has 0 fully saturated rings. The topological polar surface area (TPSA) is 13.1 Å². The Bertz CT molecular complexity index is 461. The summed E-state index contributed by atoms with van der Waals surface area (Å²) in [6.45, 7) is 11.8. The van der Waals surface area contributed by atoms with Crippen molar-refractivity contribution in [3.8, 4) is 0 Å². The maximum absolute atomic E-state index is 5.35. The number of hydrogen-bond acceptors (Lipinski definition) is 2. The smallest absolute Gasteiger partial charge is 0.160 e. The quantitative estimate of drug-likeness (QED) is 0.223. The van der Waals surface area contributed by atoms with E-state index in [1.54, 1.807) is 18.0 Å². The highest BCUT2D eigenvalue weighted by molar-refractivity contribution is 7.99. The maximum atomic E-state index is 5.35. The van der Waals surface area contributed by atoms with Crippen molar-refractivity contribution < 1.29 is 4.42 Å². The molecule has 1 nitrogen and oxygen atoms in total. The van der Waals surface area contributed by atoms with Gasteiger partial charge in [-0.05, 0) is 49.7 Å². The van der Waals surface area contributed by atoms with Gasteiger partial charge in [-0.1, -0.05) is 96.1 Å². The lowest BCUT2D eigenvalue weighted by molar-refractivity contribution is 0.389. The molecular formula is C24H42OS. The van der Waals surface area contributed by atoms with Gasteiger partial charge in [-0.3, -0.25) is 0 Å². The molecule has 0 aliphatic rings. The summed E-state index contributed by atoms with van der Waals surface area (Å²) in [6.07, 6.45) is 16.5. The summed E-state index contributed by atoms with van der Waals surface area (Å²) < 4.78 is 5.35. The van der Waals surface area contributed by atoms with E-state index >= 15 is 0 Å². The molecule has 0 aliphatic heterocycles. The highest BCUT2D eigenvalue weighted by atomic mass is 32.2. The fraction of sp³-hybridized carbons (Fsp3) is 0.750. The normalized spacial score (nSPS) is 14.8. The van der Waals surface area contributed by atoms with E-state index in [2.05, 4.69) is 40.7 Å². The van der Waals surface area contributed by atoms with Gasteiger partial charge in [0.1, 0.15) is 0 Å². The molecule has 0 amide bonds. The van der Waals surface area contributed by atoms with Crippen LogP contribution in [-0.2, 0) is 0 Å². The fourth-order valence-corrected chi connectivity index (χ4v) is 4.25. The monoisotopic (exact) mass is 378 g/mol. The lowest BCUT2D eigenvalue weighted by atomic mass is 9.91. The third-order valence-corrected chi connectivity index (χ3v) is 6.14. The van der Waals surface area contributed by atoms with E-state index in [9.17, 15) is 0 Å². The van der Waals surface area contributed by atoms with Gasteiger partial charge < -0.3 is 4.42 Å². The zero-order chi connectivity index (χ0) is 19.2. The first-order chi connectivity index (χ1) is 12.5. The second-order valence-corrected chi connectivity index (χ2v) is 9.68. The minimum absolute atomic E-state index is 0.864. The molecule has 26 heavy (non-hydrogen) atoms. The molecule has 0 aromatic carbocycles. The SMILES string of the molecule is CC(=CCSc1ccco1)CCCC(C)CCCC(C)CCCC(C)C. The Morgan fingerprint density at radius 3 is 2.15 bits per heavy atom. The molecule has 2 heteroatoms. The van der Waals surface area contributed by atoms with Crippen molar-refractivity contribution >= 4 is 11.8 Å². The van der Waals surface area contributed by atoms with Crippen LogP contribution in [0.15, 0.2) is 39.6 Å². The van der Waals surface area contributed by atoms with Gasteiger partial charge in [0.15, 0.2) is 5.09 Å². The molecule has 0 saturated heterocycles. The van der Waals surface area contributed by atoms with E-state index in [1.165, 1.54) is 63.4 Å². The van der Waals surface area contributed by atoms with E-state index in [0.717, 1.165) is 28.6 Å². The highest BCUT2D eigenvalue weighted by Crippen LogP contribution is 2.23. The summed E-state index contributed by atoms with van der Waals surface area (Å²) in [5, 5.41) is 1.01. The first-order valence-corrected chi connectivity index (χ1v) is 11.8. The number of thioether (sulfide) groups is 1. The van der Waals surface area contributed by atoms with Crippen LogP contribution in [0, 0.1) is 17.8 Å². The molecule has 0 radical (unpaired) electrons. The van der Waals surface area contributed by atoms with Gasteiger partial charge in [0.2, 0.25) is 0 Å². The van der Waals surface area contributed by atoms with E-state index in [1.807, 2.05) is 12.1 Å². The van der Waals surface area contributed by atoms with Crippen LogP contribution in [0.2, 0.25) is 0 Å². The van der Waals surface area contributed by atoms with Crippen LogP contribution in [0.3, 0.4) is 0 Å². The van der Waals surface area contributed by atoms with Crippen molar-refractivity contribution in [3.05, 3.63) is 30.0 Å². The summed E-state index contributed by atoms with van der Waals surface area (Å²) in [4.78, 5) is 0. The molecule has 2 unspecified atom stereocenters. The van der Waals surface area contributed by atoms with Crippen molar-refractivity contribution in [1.82, 2.24) is 0 Å². The van der Waals surface area contributed by atoms with Crippen molar-refractivity contribution in [2.45, 2.75) is 97.5 Å². The molecule has 1 heterocycles. The minimum atomic E-state index is 0.864. The predicted octanol–water partition coefficient (Wildman–Crippen LogP) is 8.76. The predicted molar refractivity (Wildman–Crippen MR) is 118 cm³/mol. The van der Waals surface area contributed by atoms with Crippen LogP contribution in [0.1, 0.15) is 92.4 Å². The van der Waals surface area contributed by atoms with Crippen LogP contribution >= 0.6 is 11.8 Å². The van der Waals surface area contributed by atoms with Gasteiger partial charge in [-0.25, -0.2) is 0 Å². The highest BCUT2D eigenvalue weighted by Gasteiger charge is 2.06. The zero-order valence-electron chi connectivity index (χ0n) is 17.9. The van der Waals surface area contributed by atoms with E-state index < -0.39 is 0 Å². The Kier molecular flexibility index (Phi) is 13.0. The summed E-state index contributed by atoms with van der Waals surface area (Å²) in [5.74, 6) is 3.67. The standard InChI is InChI=1S/C24H42OS/c1-20(2)10-6-11-21(3)12-7-13-22(4)14-8-15-23(5)17-19-26-24-16-9-18-25-24/h9,16-18,20-22H,6-8,10-15,19H2,1-5H3. The number of rotatable bonds is 15. The van der Waals surface area contributed by atoms with Crippen molar-refractivity contribution in [1.29, 1.82) is 0 Å². The molecule has 0 N–H and O–H groups in total. The first-order valence-electron chi connectivity index (χ1n) is 10.8. The zero-order valence-corrected chi connectivity index (χ0v) is 18.7. The van der Waals surface area contributed by atoms with Crippen molar-refractivity contribution in [2.75, 3.05) is 5.75 Å². The summed E-state index contributed by atoms with van der Waals surface area (Å²) in [6, 6.07) is 3.98. The molecule has 2 atom stereocenters. The van der Waals surface area contributed by atoms with Gasteiger partial charge in [0, 0.05) is 5.75 Å². The van der Waals surface area contributed by atoms with E-state index in [4.69, 9.17) is 4.42 Å². The summed E-state index contributed by atoms with van der Waals surface area (Å²) in [5.41, 5.74) is 1.52. The Morgan fingerprint density at radius 1 is 0.962 bits per heavy atom. The van der Waals surface area contributed by atoms with Gasteiger partial charge >= 0.3 is 0 Å². The largest absolute Gasteiger partial charge is 0.458 e. The fourth-order valence-electron chi connectivity index (χ4n) is 3.42. The Labute approximate surface area is 167 Å². The van der Waals surface area contributed by atoms with Crippen LogP contribution < -0.4 is 0 Å².